The molecule has 0 aliphatic heterocycles. The van der Waals surface area contributed by atoms with E-state index in [9.17, 15) is 4.39 Å². The van der Waals surface area contributed by atoms with E-state index in [0.717, 1.165) is 5.69 Å². The quantitative estimate of drug-likeness (QED) is 0.647. The topological polar surface area (TPSA) is 42.2 Å². The molecule has 3 aromatic rings. The van der Waals surface area contributed by atoms with Gasteiger partial charge in [0.05, 0.1) is 11.6 Å². The third-order valence-corrected chi connectivity index (χ3v) is 2.74. The van der Waals surface area contributed by atoms with E-state index < -0.39 is 6.08 Å². The minimum atomic E-state index is -0.796. The van der Waals surface area contributed by atoms with Crippen molar-refractivity contribution in [1.82, 2.24) is 9.97 Å². The summed E-state index contributed by atoms with van der Waals surface area (Å²) in [5.41, 5.74) is 1.17. The highest BCUT2D eigenvalue weighted by Gasteiger charge is 2.14. The second-order valence-corrected chi connectivity index (χ2v) is 3.85. The number of anilines is 2. The molecule has 0 saturated heterocycles. The van der Waals surface area contributed by atoms with Gasteiger partial charge in [-0.05, 0) is 18.2 Å². The Bertz CT molecular complexity index is 681. The van der Waals surface area contributed by atoms with Crippen LogP contribution >= 0.6 is 0 Å². The van der Waals surface area contributed by atoms with Crippen molar-refractivity contribution in [2.24, 2.45) is 0 Å². The normalized spacial score (nSPS) is 10.8. The van der Waals surface area contributed by atoms with Gasteiger partial charge in [-0.2, -0.15) is 14.4 Å². The van der Waals surface area contributed by atoms with Crippen molar-refractivity contribution in [3.8, 4) is 0 Å². The molecule has 2 heterocycles. The molecule has 0 unspecified atom stereocenters. The Kier molecular flexibility index (Phi) is 2.44. The average Bonchev–Trinajstić information content (AvgIpc) is 2.86. The van der Waals surface area contributed by atoms with E-state index in [0.29, 0.717) is 11.2 Å². The van der Waals surface area contributed by atoms with Gasteiger partial charge in [-0.15, -0.1) is 0 Å². The Morgan fingerprint density at radius 3 is 2.67 bits per heavy atom. The first kappa shape index (κ1) is 10.7. The first-order valence-corrected chi connectivity index (χ1v) is 5.45. The van der Waals surface area contributed by atoms with Gasteiger partial charge < -0.3 is 9.32 Å². The van der Waals surface area contributed by atoms with Gasteiger partial charge in [-0.25, -0.2) is 0 Å². The summed E-state index contributed by atoms with van der Waals surface area (Å²) in [6, 6.07) is 11.3. The predicted octanol–water partition coefficient (Wildman–Crippen LogP) is 3.13. The molecule has 18 heavy (non-hydrogen) atoms. The maximum absolute atomic E-state index is 13.3. The second-order valence-electron chi connectivity index (χ2n) is 3.85. The van der Waals surface area contributed by atoms with Gasteiger partial charge in [0.15, 0.2) is 5.82 Å². The molecule has 0 amide bonds. The first-order valence-electron chi connectivity index (χ1n) is 5.45. The fourth-order valence-electron chi connectivity index (χ4n) is 1.84. The van der Waals surface area contributed by atoms with E-state index in [4.69, 9.17) is 4.42 Å². The molecule has 0 fully saturated rings. The standard InChI is InChI=1S/C13H10FN3O/c1-17(9-5-3-2-4-6-9)11-10-7-8-18-12(10)16-13(14)15-11/h2-8H,1H3/i14-1. The van der Waals surface area contributed by atoms with Crippen LogP contribution in [0.1, 0.15) is 0 Å². The fraction of sp³-hybridized carbons (Fsp3) is 0.0769. The molecule has 0 spiro atoms. The van der Waals surface area contributed by atoms with Gasteiger partial charge >= 0.3 is 6.08 Å². The Labute approximate surface area is 103 Å². The van der Waals surface area contributed by atoms with E-state index in [1.165, 1.54) is 6.26 Å². The summed E-state index contributed by atoms with van der Waals surface area (Å²) in [6.45, 7) is 0. The number of rotatable bonds is 2. The number of fused-ring (bicyclic) bond motifs is 1. The van der Waals surface area contributed by atoms with Gasteiger partial charge in [0.2, 0.25) is 5.71 Å². The summed E-state index contributed by atoms with van der Waals surface area (Å²) >= 11 is 0. The summed E-state index contributed by atoms with van der Waals surface area (Å²) < 4.78 is 18.4. The molecule has 0 saturated carbocycles. The van der Waals surface area contributed by atoms with Crippen LogP contribution in [0, 0.1) is 6.08 Å². The summed E-state index contributed by atoms with van der Waals surface area (Å²) in [5, 5.41) is 0.683. The molecule has 4 nitrogen and oxygen atoms in total. The lowest BCUT2D eigenvalue weighted by atomic mass is 10.3. The number of nitrogens with zero attached hydrogens (tertiary/aromatic N) is 3. The van der Waals surface area contributed by atoms with Gasteiger partial charge in [0.25, 0.3) is 0 Å². The van der Waals surface area contributed by atoms with Crippen LogP contribution in [0.2, 0.25) is 0 Å². The monoisotopic (exact) mass is 242 g/mol. The molecule has 0 bridgehead atoms. The average molecular weight is 242 g/mol. The third kappa shape index (κ3) is 1.69. The maximum atomic E-state index is 13.3. The largest absolute Gasteiger partial charge is 0.446 e. The second kappa shape index (κ2) is 4.10. The number of hydrogen-bond donors (Lipinski definition) is 0. The lowest BCUT2D eigenvalue weighted by molar-refractivity contribution is 0.524. The molecule has 90 valence electrons. The number of para-hydroxylation sites is 1. The van der Waals surface area contributed by atoms with Crippen molar-refractivity contribution in [1.29, 1.82) is 0 Å². The number of halogens is 1. The van der Waals surface area contributed by atoms with Crippen molar-refractivity contribution in [2.75, 3.05) is 11.9 Å². The van der Waals surface area contributed by atoms with Crippen LogP contribution in [0.3, 0.4) is 0 Å². The third-order valence-electron chi connectivity index (χ3n) is 2.74. The smallest absolute Gasteiger partial charge is 0.313 e. The zero-order chi connectivity index (χ0) is 12.5. The van der Waals surface area contributed by atoms with Gasteiger partial charge in [-0.3, -0.25) is 0 Å². The molecule has 3 rings (SSSR count). The van der Waals surface area contributed by atoms with E-state index >= 15 is 0 Å². The highest BCUT2D eigenvalue weighted by Crippen LogP contribution is 2.28. The van der Waals surface area contributed by atoms with E-state index in [1.807, 2.05) is 37.4 Å². The Morgan fingerprint density at radius 1 is 1.11 bits per heavy atom. The van der Waals surface area contributed by atoms with E-state index in [2.05, 4.69) is 9.97 Å². The molecule has 2 aromatic heterocycles. The number of furan rings is 1. The molecular formula is C13H10FN3O. The summed E-state index contributed by atoms with van der Waals surface area (Å²) in [6.07, 6.45) is 0.677. The first-order chi connectivity index (χ1) is 8.75. The lowest BCUT2D eigenvalue weighted by Gasteiger charge is -2.18. The zero-order valence-electron chi connectivity index (χ0n) is 9.67. The van der Waals surface area contributed by atoms with Crippen LogP contribution in [-0.2, 0) is 0 Å². The van der Waals surface area contributed by atoms with Crippen LogP contribution in [0.5, 0.6) is 0 Å². The summed E-state index contributed by atoms with van der Waals surface area (Å²) in [4.78, 5) is 9.23. The SMILES string of the molecule is CN(c1ccccc1)c1nc([18F])nc2occc12. The molecule has 0 aliphatic carbocycles. The Balaban J connectivity index is 2.17. The maximum Gasteiger partial charge on any atom is 0.313 e. The summed E-state index contributed by atoms with van der Waals surface area (Å²) in [5.74, 6) is 0.484. The molecular weight excluding hydrogens is 232 g/mol. The van der Waals surface area contributed by atoms with Gasteiger partial charge in [0, 0.05) is 12.7 Å². The van der Waals surface area contributed by atoms with Crippen molar-refractivity contribution < 1.29 is 8.81 Å². The van der Waals surface area contributed by atoms with Gasteiger partial charge in [-0.1, -0.05) is 18.2 Å². The Hall–Kier alpha value is -2.43. The molecule has 5 heteroatoms. The van der Waals surface area contributed by atoms with Crippen molar-refractivity contribution in [2.45, 2.75) is 0 Å². The molecule has 0 radical (unpaired) electrons. The van der Waals surface area contributed by atoms with Crippen LogP contribution in [0.4, 0.5) is 15.9 Å². The van der Waals surface area contributed by atoms with Gasteiger partial charge in [0.1, 0.15) is 0 Å². The summed E-state index contributed by atoms with van der Waals surface area (Å²) in [7, 11) is 1.82. The van der Waals surface area contributed by atoms with Crippen molar-refractivity contribution >= 4 is 22.6 Å². The Morgan fingerprint density at radius 2 is 1.89 bits per heavy atom. The zero-order valence-corrected chi connectivity index (χ0v) is 9.67. The van der Waals surface area contributed by atoms with Crippen molar-refractivity contribution in [3.05, 3.63) is 48.7 Å². The molecule has 0 aliphatic rings. The minimum Gasteiger partial charge on any atom is -0.446 e. The highest BCUT2D eigenvalue weighted by atomic mass is 18.2. The van der Waals surface area contributed by atoms with E-state index in [-0.39, 0.29) is 5.71 Å². The highest BCUT2D eigenvalue weighted by molar-refractivity contribution is 5.88. The van der Waals surface area contributed by atoms with Crippen LogP contribution in [0.15, 0.2) is 47.1 Å². The molecule has 0 atom stereocenters. The minimum absolute atomic E-state index is 0.250. The number of hydrogen-bond acceptors (Lipinski definition) is 4. The van der Waals surface area contributed by atoms with E-state index in [1.54, 1.807) is 11.0 Å². The molecule has 0 N–H and O–H groups in total. The fourth-order valence-corrected chi connectivity index (χ4v) is 1.84. The van der Waals surface area contributed by atoms with Crippen molar-refractivity contribution in [3.63, 3.8) is 0 Å². The number of benzene rings is 1. The van der Waals surface area contributed by atoms with Crippen LogP contribution < -0.4 is 4.90 Å². The van der Waals surface area contributed by atoms with Crippen LogP contribution in [-0.4, -0.2) is 17.0 Å². The lowest BCUT2D eigenvalue weighted by Crippen LogP contribution is -2.12. The predicted molar refractivity (Wildman–Crippen MR) is 66.3 cm³/mol. The molecule has 1 aromatic carbocycles. The number of aromatic nitrogens is 2. The van der Waals surface area contributed by atoms with Crippen LogP contribution in [0.25, 0.3) is 11.1 Å².